The Hall–Kier alpha value is -1.35. The summed E-state index contributed by atoms with van der Waals surface area (Å²) in [6.45, 7) is 11.2. The molecule has 1 N–H and O–H groups in total. The summed E-state index contributed by atoms with van der Waals surface area (Å²) in [5.41, 5.74) is 0.957. The van der Waals surface area contributed by atoms with Crippen LogP contribution in [0.1, 0.15) is 33.3 Å². The van der Waals surface area contributed by atoms with Crippen molar-refractivity contribution in [3.05, 3.63) is 29.8 Å². The topological polar surface area (TPSA) is 35.6 Å². The monoisotopic (exact) mass is 274 g/mol. The first kappa shape index (κ1) is 15.0. The van der Waals surface area contributed by atoms with Crippen LogP contribution in [0.15, 0.2) is 29.3 Å². The average Bonchev–Trinajstić information content (AvgIpc) is 3.14. The maximum Gasteiger partial charge on any atom is 0.116 e. The van der Waals surface area contributed by atoms with Crippen LogP contribution in [-0.4, -0.2) is 41.4 Å². The highest BCUT2D eigenvalue weighted by Gasteiger charge is 2.42. The Bertz CT molecular complexity index is 468. The van der Waals surface area contributed by atoms with Crippen molar-refractivity contribution in [2.45, 2.75) is 39.8 Å². The second-order valence-electron chi connectivity index (χ2n) is 6.41. The maximum atomic E-state index is 9.43. The summed E-state index contributed by atoms with van der Waals surface area (Å²) in [7, 11) is 0. The summed E-state index contributed by atoms with van der Waals surface area (Å²) >= 11 is 0. The van der Waals surface area contributed by atoms with E-state index in [4.69, 9.17) is 0 Å². The van der Waals surface area contributed by atoms with E-state index in [0.29, 0.717) is 17.7 Å². The lowest BCUT2D eigenvalue weighted by Gasteiger charge is -2.22. The Balaban J connectivity index is 1.93. The molecule has 1 aliphatic rings. The van der Waals surface area contributed by atoms with Crippen LogP contribution in [0.25, 0.3) is 0 Å². The first-order chi connectivity index (χ1) is 9.49. The van der Waals surface area contributed by atoms with E-state index in [2.05, 4.69) is 37.6 Å². The smallest absolute Gasteiger partial charge is 0.116 e. The van der Waals surface area contributed by atoms with E-state index < -0.39 is 0 Å². The molecule has 0 radical (unpaired) electrons. The van der Waals surface area contributed by atoms with Gasteiger partial charge in [-0.3, -0.25) is 9.89 Å². The normalized spacial score (nSPS) is 23.7. The first-order valence-corrected chi connectivity index (χ1v) is 7.53. The largest absolute Gasteiger partial charge is 0.508 e. The molecule has 3 nitrogen and oxygen atoms in total. The molecule has 1 aromatic rings. The van der Waals surface area contributed by atoms with E-state index >= 15 is 0 Å². The highest BCUT2D eigenvalue weighted by atomic mass is 16.3. The van der Waals surface area contributed by atoms with Crippen molar-refractivity contribution in [2.24, 2.45) is 16.8 Å². The van der Waals surface area contributed by atoms with E-state index in [1.165, 1.54) is 6.54 Å². The number of hydrogen-bond acceptors (Lipinski definition) is 3. The van der Waals surface area contributed by atoms with Crippen LogP contribution >= 0.6 is 0 Å². The Morgan fingerprint density at radius 1 is 1.35 bits per heavy atom. The van der Waals surface area contributed by atoms with Crippen molar-refractivity contribution in [2.75, 3.05) is 13.1 Å². The molecule has 0 spiro atoms. The summed E-state index contributed by atoms with van der Waals surface area (Å²) in [6, 6.07) is 8.48. The van der Waals surface area contributed by atoms with Crippen molar-refractivity contribution in [3.63, 3.8) is 0 Å². The fourth-order valence-corrected chi connectivity index (χ4v) is 2.71. The van der Waals surface area contributed by atoms with E-state index in [1.54, 1.807) is 12.1 Å². The van der Waals surface area contributed by atoms with Crippen LogP contribution in [0.2, 0.25) is 0 Å². The van der Waals surface area contributed by atoms with Gasteiger partial charge in [-0.1, -0.05) is 39.8 Å². The number of aliphatic imine (C=N–C) groups is 1. The van der Waals surface area contributed by atoms with Gasteiger partial charge >= 0.3 is 0 Å². The standard InChI is InChI=1S/C17H26N2O/c1-12(2)16(19-11-17(19)13(3)4)10-18-9-14-6-5-7-15(20)8-14/h5-9,12-13,16-17,20H,10-11H2,1-4H3/t16-,17+,19?/m0/s1. The number of rotatable bonds is 6. The lowest BCUT2D eigenvalue weighted by Crippen LogP contribution is -2.30. The van der Waals surface area contributed by atoms with Crippen LogP contribution in [0.5, 0.6) is 5.75 Å². The predicted molar refractivity (Wildman–Crippen MR) is 84.5 cm³/mol. The molecule has 0 bridgehead atoms. The average molecular weight is 274 g/mol. The van der Waals surface area contributed by atoms with Crippen LogP contribution in [0.4, 0.5) is 0 Å². The maximum absolute atomic E-state index is 9.43. The summed E-state index contributed by atoms with van der Waals surface area (Å²) < 4.78 is 0. The van der Waals surface area contributed by atoms with Gasteiger partial charge in [0.2, 0.25) is 0 Å². The van der Waals surface area contributed by atoms with E-state index in [1.807, 2.05) is 18.3 Å². The minimum absolute atomic E-state index is 0.292. The van der Waals surface area contributed by atoms with Gasteiger partial charge in [-0.05, 0) is 29.5 Å². The quantitative estimate of drug-likeness (QED) is 0.639. The lowest BCUT2D eigenvalue weighted by molar-refractivity contribution is 0.281. The third kappa shape index (κ3) is 3.83. The zero-order chi connectivity index (χ0) is 14.7. The number of phenolic OH excluding ortho intramolecular Hbond substituents is 1. The van der Waals surface area contributed by atoms with Crippen LogP contribution in [0.3, 0.4) is 0 Å². The zero-order valence-electron chi connectivity index (χ0n) is 13.0. The Kier molecular flexibility index (Phi) is 4.81. The van der Waals surface area contributed by atoms with Gasteiger partial charge in [0.15, 0.2) is 0 Å². The van der Waals surface area contributed by atoms with Gasteiger partial charge in [-0.2, -0.15) is 0 Å². The molecule has 20 heavy (non-hydrogen) atoms. The molecule has 0 saturated carbocycles. The number of nitrogens with zero attached hydrogens (tertiary/aromatic N) is 2. The SMILES string of the molecule is CC(C)[C@H]1CN1[C@@H](CN=Cc1cccc(O)c1)C(C)C. The molecule has 1 aliphatic heterocycles. The van der Waals surface area contributed by atoms with Gasteiger partial charge in [0.05, 0.1) is 6.54 Å². The number of hydrogen-bond donors (Lipinski definition) is 1. The number of benzene rings is 1. The molecule has 110 valence electrons. The van der Waals surface area contributed by atoms with Gasteiger partial charge in [-0.25, -0.2) is 0 Å². The third-order valence-corrected chi connectivity index (χ3v) is 4.06. The lowest BCUT2D eigenvalue weighted by atomic mass is 10.0. The summed E-state index contributed by atoms with van der Waals surface area (Å²) in [6.07, 6.45) is 1.86. The summed E-state index contributed by atoms with van der Waals surface area (Å²) in [5.74, 6) is 1.63. The van der Waals surface area contributed by atoms with Gasteiger partial charge in [0, 0.05) is 24.8 Å². The van der Waals surface area contributed by atoms with Crippen LogP contribution in [0, 0.1) is 11.8 Å². The van der Waals surface area contributed by atoms with Gasteiger partial charge in [-0.15, -0.1) is 0 Å². The number of aromatic hydroxyl groups is 1. The minimum atomic E-state index is 0.292. The number of phenols is 1. The molecule has 0 amide bonds. The van der Waals surface area contributed by atoms with Gasteiger partial charge < -0.3 is 5.11 Å². The second kappa shape index (κ2) is 6.40. The molecule has 2 rings (SSSR count). The van der Waals surface area contributed by atoms with E-state index in [-0.39, 0.29) is 0 Å². The molecular weight excluding hydrogens is 248 g/mol. The molecule has 3 atom stereocenters. The minimum Gasteiger partial charge on any atom is -0.508 e. The van der Waals surface area contributed by atoms with Crippen molar-refractivity contribution >= 4 is 6.21 Å². The highest BCUT2D eigenvalue weighted by molar-refractivity contribution is 5.80. The van der Waals surface area contributed by atoms with Crippen molar-refractivity contribution in [1.29, 1.82) is 0 Å². The Labute approximate surface area is 122 Å². The summed E-state index contributed by atoms with van der Waals surface area (Å²) in [5, 5.41) is 9.43. The first-order valence-electron chi connectivity index (χ1n) is 7.53. The van der Waals surface area contributed by atoms with Crippen molar-refractivity contribution < 1.29 is 5.11 Å². The second-order valence-corrected chi connectivity index (χ2v) is 6.41. The highest BCUT2D eigenvalue weighted by Crippen LogP contribution is 2.31. The van der Waals surface area contributed by atoms with Crippen LogP contribution < -0.4 is 0 Å². The van der Waals surface area contributed by atoms with E-state index in [9.17, 15) is 5.11 Å². The molecule has 1 unspecified atom stereocenters. The zero-order valence-corrected chi connectivity index (χ0v) is 13.0. The van der Waals surface area contributed by atoms with Crippen molar-refractivity contribution in [3.8, 4) is 5.75 Å². The van der Waals surface area contributed by atoms with E-state index in [0.717, 1.165) is 24.1 Å². The molecule has 1 aromatic carbocycles. The fraction of sp³-hybridized carbons (Fsp3) is 0.588. The predicted octanol–water partition coefficient (Wildman–Crippen LogP) is 3.18. The molecule has 0 aliphatic carbocycles. The summed E-state index contributed by atoms with van der Waals surface area (Å²) in [4.78, 5) is 7.15. The molecule has 1 heterocycles. The third-order valence-electron chi connectivity index (χ3n) is 4.06. The van der Waals surface area contributed by atoms with Crippen LogP contribution in [-0.2, 0) is 0 Å². The molecule has 3 heteroatoms. The van der Waals surface area contributed by atoms with Crippen molar-refractivity contribution in [1.82, 2.24) is 4.90 Å². The Morgan fingerprint density at radius 2 is 2.10 bits per heavy atom. The molecule has 1 saturated heterocycles. The van der Waals surface area contributed by atoms with Gasteiger partial charge in [0.25, 0.3) is 0 Å². The molecule has 1 fully saturated rings. The van der Waals surface area contributed by atoms with Gasteiger partial charge in [0.1, 0.15) is 5.75 Å². The molecular formula is C17H26N2O. The fourth-order valence-electron chi connectivity index (χ4n) is 2.71. The molecule has 0 aromatic heterocycles. The Morgan fingerprint density at radius 3 is 2.65 bits per heavy atom.